The maximum Gasteiger partial charge on any atom is 0.129 e. The number of halogens is 2. The molecule has 0 amide bonds. The first-order valence-electron chi connectivity index (χ1n) is 7.27. The van der Waals surface area contributed by atoms with E-state index in [1.54, 1.807) is 12.1 Å². The maximum atomic E-state index is 13.8. The van der Waals surface area contributed by atoms with E-state index in [0.717, 1.165) is 6.42 Å². The Morgan fingerprint density at radius 2 is 2.19 bits per heavy atom. The minimum Gasteiger partial charge on any atom is -0.394 e. The molecule has 1 aliphatic carbocycles. The van der Waals surface area contributed by atoms with E-state index < -0.39 is 5.54 Å². The molecule has 118 valence electrons. The fourth-order valence-corrected chi connectivity index (χ4v) is 3.19. The summed E-state index contributed by atoms with van der Waals surface area (Å²) in [5.41, 5.74) is -0.109. The van der Waals surface area contributed by atoms with Crippen LogP contribution in [0.2, 0.25) is 5.02 Å². The number of rotatable bonds is 6. The van der Waals surface area contributed by atoms with Crippen LogP contribution in [0.25, 0.3) is 0 Å². The molecule has 1 aliphatic rings. The van der Waals surface area contributed by atoms with Crippen molar-refractivity contribution in [3.8, 4) is 0 Å². The molecule has 0 spiro atoms. The van der Waals surface area contributed by atoms with Gasteiger partial charge in [0.05, 0.1) is 18.2 Å². The summed E-state index contributed by atoms with van der Waals surface area (Å²) in [4.78, 5) is 0. The van der Waals surface area contributed by atoms with Crippen molar-refractivity contribution >= 4 is 11.6 Å². The first-order chi connectivity index (χ1) is 9.86. The van der Waals surface area contributed by atoms with E-state index in [-0.39, 0.29) is 23.9 Å². The molecule has 0 saturated heterocycles. The molecule has 0 heterocycles. The van der Waals surface area contributed by atoms with E-state index in [1.165, 1.54) is 6.07 Å². The van der Waals surface area contributed by atoms with E-state index in [9.17, 15) is 9.50 Å². The number of ether oxygens (including phenoxy) is 1. The molecule has 3 nitrogen and oxygen atoms in total. The van der Waals surface area contributed by atoms with Gasteiger partial charge in [0.1, 0.15) is 5.82 Å². The van der Waals surface area contributed by atoms with Gasteiger partial charge in [0.15, 0.2) is 0 Å². The van der Waals surface area contributed by atoms with Crippen molar-refractivity contribution in [2.75, 3.05) is 13.2 Å². The van der Waals surface area contributed by atoms with Gasteiger partial charge in [-0.25, -0.2) is 4.39 Å². The molecule has 2 N–H and O–H groups in total. The van der Waals surface area contributed by atoms with Crippen molar-refractivity contribution in [1.82, 2.24) is 5.32 Å². The topological polar surface area (TPSA) is 41.5 Å². The summed E-state index contributed by atoms with van der Waals surface area (Å²) in [6, 6.07) is 4.64. The smallest absolute Gasteiger partial charge is 0.129 e. The van der Waals surface area contributed by atoms with Crippen LogP contribution in [0.5, 0.6) is 0 Å². The second-order valence-corrected chi connectivity index (χ2v) is 6.64. The van der Waals surface area contributed by atoms with Crippen LogP contribution in [0.15, 0.2) is 18.2 Å². The molecule has 21 heavy (non-hydrogen) atoms. The Morgan fingerprint density at radius 1 is 1.48 bits per heavy atom. The van der Waals surface area contributed by atoms with Crippen LogP contribution in [0.1, 0.15) is 32.8 Å². The van der Waals surface area contributed by atoms with Crippen LogP contribution in [0.4, 0.5) is 4.39 Å². The van der Waals surface area contributed by atoms with Crippen molar-refractivity contribution in [2.45, 2.75) is 45.4 Å². The molecule has 2 atom stereocenters. The van der Waals surface area contributed by atoms with Crippen molar-refractivity contribution in [3.63, 3.8) is 0 Å². The lowest BCUT2D eigenvalue weighted by Gasteiger charge is -2.60. The SMILES string of the molecule is CCO[C@H]1C[C@](CO)(NCc2ccc(Cl)cc2F)C1(C)C. The molecule has 1 aromatic carbocycles. The van der Waals surface area contributed by atoms with E-state index in [2.05, 4.69) is 19.2 Å². The Kier molecular flexibility index (Phi) is 4.93. The summed E-state index contributed by atoms with van der Waals surface area (Å²) in [7, 11) is 0. The number of aliphatic hydroxyl groups is 1. The Bertz CT molecular complexity index is 509. The number of nitrogens with one attached hydrogen (secondary N) is 1. The predicted octanol–water partition coefficient (Wildman–Crippen LogP) is 3.13. The average molecular weight is 316 g/mol. The lowest BCUT2D eigenvalue weighted by Crippen LogP contribution is -2.73. The largest absolute Gasteiger partial charge is 0.394 e. The van der Waals surface area contributed by atoms with Gasteiger partial charge in [0.2, 0.25) is 0 Å². The second-order valence-electron chi connectivity index (χ2n) is 6.20. The molecule has 0 aromatic heterocycles. The van der Waals surface area contributed by atoms with E-state index in [1.807, 2.05) is 6.92 Å². The Labute approximate surface area is 130 Å². The highest BCUT2D eigenvalue weighted by molar-refractivity contribution is 6.30. The number of aliphatic hydroxyl groups excluding tert-OH is 1. The lowest BCUT2D eigenvalue weighted by atomic mass is 9.54. The van der Waals surface area contributed by atoms with Crippen molar-refractivity contribution in [2.24, 2.45) is 5.41 Å². The monoisotopic (exact) mass is 315 g/mol. The van der Waals surface area contributed by atoms with Gasteiger partial charge in [-0.2, -0.15) is 0 Å². The highest BCUT2D eigenvalue weighted by atomic mass is 35.5. The van der Waals surface area contributed by atoms with Gasteiger partial charge in [-0.05, 0) is 25.5 Å². The second kappa shape index (κ2) is 6.21. The van der Waals surface area contributed by atoms with Crippen molar-refractivity contribution in [3.05, 3.63) is 34.6 Å². The summed E-state index contributed by atoms with van der Waals surface area (Å²) < 4.78 is 19.5. The summed E-state index contributed by atoms with van der Waals surface area (Å²) in [5.74, 6) is -0.332. The number of benzene rings is 1. The molecule has 0 aliphatic heterocycles. The van der Waals surface area contributed by atoms with Crippen LogP contribution in [0.3, 0.4) is 0 Å². The first kappa shape index (κ1) is 16.7. The summed E-state index contributed by atoms with van der Waals surface area (Å²) in [5, 5.41) is 13.5. The Morgan fingerprint density at radius 3 is 2.71 bits per heavy atom. The molecule has 1 fully saturated rings. The molecule has 1 aromatic rings. The van der Waals surface area contributed by atoms with Gasteiger partial charge in [-0.15, -0.1) is 0 Å². The van der Waals surface area contributed by atoms with Crippen molar-refractivity contribution < 1.29 is 14.2 Å². The molecular formula is C16H23ClFNO2. The van der Waals surface area contributed by atoms with Gasteiger partial charge < -0.3 is 15.2 Å². The van der Waals surface area contributed by atoms with E-state index in [0.29, 0.717) is 23.7 Å². The first-order valence-corrected chi connectivity index (χ1v) is 7.65. The van der Waals surface area contributed by atoms with Crippen LogP contribution in [-0.4, -0.2) is 30.0 Å². The molecule has 0 radical (unpaired) electrons. The lowest BCUT2D eigenvalue weighted by molar-refractivity contribution is -0.177. The zero-order valence-corrected chi connectivity index (χ0v) is 13.5. The van der Waals surface area contributed by atoms with Gasteiger partial charge >= 0.3 is 0 Å². The van der Waals surface area contributed by atoms with Crippen LogP contribution < -0.4 is 5.32 Å². The molecular weight excluding hydrogens is 293 g/mol. The van der Waals surface area contributed by atoms with E-state index in [4.69, 9.17) is 16.3 Å². The van der Waals surface area contributed by atoms with Crippen LogP contribution in [0, 0.1) is 11.2 Å². The quantitative estimate of drug-likeness (QED) is 0.847. The molecule has 2 rings (SSSR count). The minimum atomic E-state index is -0.446. The number of hydrogen-bond donors (Lipinski definition) is 2. The van der Waals surface area contributed by atoms with Gasteiger partial charge in [-0.3, -0.25) is 0 Å². The third-order valence-electron chi connectivity index (χ3n) is 4.84. The van der Waals surface area contributed by atoms with Gasteiger partial charge in [0, 0.05) is 29.2 Å². The van der Waals surface area contributed by atoms with Crippen LogP contribution >= 0.6 is 11.6 Å². The number of hydrogen-bond acceptors (Lipinski definition) is 3. The van der Waals surface area contributed by atoms with E-state index >= 15 is 0 Å². The summed E-state index contributed by atoms with van der Waals surface area (Å²) >= 11 is 5.75. The highest BCUT2D eigenvalue weighted by Gasteiger charge is 2.60. The zero-order valence-electron chi connectivity index (χ0n) is 12.7. The highest BCUT2D eigenvalue weighted by Crippen LogP contribution is 2.51. The molecule has 0 unspecified atom stereocenters. The third kappa shape index (κ3) is 2.95. The standard InChI is InChI=1S/C16H23ClFNO2/c1-4-21-14-8-16(10-20,15(14,2)3)19-9-11-5-6-12(17)7-13(11)18/h5-7,14,19-20H,4,8-10H2,1-3H3/t14-,16+/m0/s1. The fraction of sp³-hybridized carbons (Fsp3) is 0.625. The fourth-order valence-electron chi connectivity index (χ4n) is 3.03. The maximum absolute atomic E-state index is 13.8. The Hall–Kier alpha value is -0.680. The molecule has 0 bridgehead atoms. The predicted molar refractivity (Wildman–Crippen MR) is 81.9 cm³/mol. The summed E-state index contributed by atoms with van der Waals surface area (Å²) in [6.07, 6.45) is 0.830. The minimum absolute atomic E-state index is 0.00121. The zero-order chi connectivity index (χ0) is 15.7. The Balaban J connectivity index is 2.07. The van der Waals surface area contributed by atoms with Gasteiger partial charge in [-0.1, -0.05) is 31.5 Å². The van der Waals surface area contributed by atoms with Gasteiger partial charge in [0.25, 0.3) is 0 Å². The van der Waals surface area contributed by atoms with Crippen LogP contribution in [-0.2, 0) is 11.3 Å². The summed E-state index contributed by atoms with van der Waals surface area (Å²) in [6.45, 7) is 7.11. The normalized spacial score (nSPS) is 27.4. The molecule has 1 saturated carbocycles. The molecule has 5 heteroatoms. The average Bonchev–Trinajstić information content (AvgIpc) is 2.43. The van der Waals surface area contributed by atoms with Crippen molar-refractivity contribution in [1.29, 1.82) is 0 Å². The third-order valence-corrected chi connectivity index (χ3v) is 5.08.